The molecule has 0 saturated carbocycles. The van der Waals surface area contributed by atoms with Crippen LogP contribution in [0.1, 0.15) is 12.8 Å². The summed E-state index contributed by atoms with van der Waals surface area (Å²) in [4.78, 5) is 0. The third-order valence-electron chi connectivity index (χ3n) is 1.97. The number of hydrogen-bond donors (Lipinski definition) is 0. The van der Waals surface area contributed by atoms with Gasteiger partial charge >= 0.3 is 0 Å². The van der Waals surface area contributed by atoms with Crippen molar-refractivity contribution >= 4 is 11.8 Å². The molecule has 0 radical (unpaired) electrons. The van der Waals surface area contributed by atoms with E-state index in [-0.39, 0.29) is 5.75 Å². The molecule has 0 amide bonds. The molecular weight excluding hydrogens is 237 g/mol. The van der Waals surface area contributed by atoms with E-state index in [1.54, 1.807) is 11.8 Å². The summed E-state index contributed by atoms with van der Waals surface area (Å²) in [6.07, 6.45) is 3.79. The Labute approximate surface area is 97.0 Å². The van der Waals surface area contributed by atoms with Crippen molar-refractivity contribution in [2.45, 2.75) is 12.8 Å². The monoisotopic (exact) mass is 250 g/mol. The first-order chi connectivity index (χ1) is 7.65. The minimum absolute atomic E-state index is 0.0283. The lowest BCUT2D eigenvalue weighted by Crippen LogP contribution is -2.00. The number of thioether (sulfide) groups is 1. The van der Waals surface area contributed by atoms with E-state index >= 15 is 0 Å². The first-order valence-corrected chi connectivity index (χ1v) is 6.31. The molecule has 16 heavy (non-hydrogen) atoms. The van der Waals surface area contributed by atoms with Crippen LogP contribution in [0.3, 0.4) is 0 Å². The SMILES string of the molecule is CSCCCCOc1cc(F)c(F)c(F)c1. The molecule has 1 aromatic rings. The first-order valence-electron chi connectivity index (χ1n) is 4.91. The average Bonchev–Trinajstić information content (AvgIpc) is 2.25. The average molecular weight is 250 g/mol. The topological polar surface area (TPSA) is 9.23 Å². The highest BCUT2D eigenvalue weighted by Gasteiger charge is 2.10. The molecule has 0 bridgehead atoms. The summed E-state index contributed by atoms with van der Waals surface area (Å²) >= 11 is 1.73. The second kappa shape index (κ2) is 6.68. The third kappa shape index (κ3) is 3.96. The highest BCUT2D eigenvalue weighted by atomic mass is 32.2. The number of benzene rings is 1. The summed E-state index contributed by atoms with van der Waals surface area (Å²) in [6.45, 7) is 0.380. The van der Waals surface area contributed by atoms with Gasteiger partial charge in [0.2, 0.25) is 0 Å². The fourth-order valence-corrected chi connectivity index (χ4v) is 1.65. The molecular formula is C11H13F3OS. The van der Waals surface area contributed by atoms with Crippen LogP contribution in [0, 0.1) is 17.5 Å². The Bertz CT molecular complexity index is 321. The number of rotatable bonds is 6. The van der Waals surface area contributed by atoms with Gasteiger partial charge in [0.15, 0.2) is 17.5 Å². The Morgan fingerprint density at radius 1 is 1.12 bits per heavy atom. The maximum Gasteiger partial charge on any atom is 0.194 e. The molecule has 0 saturated heterocycles. The van der Waals surface area contributed by atoms with E-state index in [1.807, 2.05) is 6.26 Å². The van der Waals surface area contributed by atoms with E-state index in [2.05, 4.69) is 0 Å². The molecule has 0 unspecified atom stereocenters. The molecule has 90 valence electrons. The van der Waals surface area contributed by atoms with Crippen molar-refractivity contribution in [3.63, 3.8) is 0 Å². The Morgan fingerprint density at radius 2 is 1.75 bits per heavy atom. The fraction of sp³-hybridized carbons (Fsp3) is 0.455. The Hall–Kier alpha value is -0.840. The molecule has 1 aromatic carbocycles. The highest BCUT2D eigenvalue weighted by molar-refractivity contribution is 7.98. The molecule has 0 aliphatic rings. The molecule has 0 aliphatic heterocycles. The second-order valence-corrected chi connectivity index (χ2v) is 4.23. The van der Waals surface area contributed by atoms with Crippen LogP contribution in [0.25, 0.3) is 0 Å². The largest absolute Gasteiger partial charge is 0.493 e. The first kappa shape index (κ1) is 13.2. The Balaban J connectivity index is 2.43. The molecule has 0 aromatic heterocycles. The van der Waals surface area contributed by atoms with Crippen LogP contribution in [0.5, 0.6) is 5.75 Å². The van der Waals surface area contributed by atoms with Gasteiger partial charge in [0.25, 0.3) is 0 Å². The third-order valence-corrected chi connectivity index (χ3v) is 2.67. The van der Waals surface area contributed by atoms with E-state index in [9.17, 15) is 13.2 Å². The standard InChI is InChI=1S/C11H13F3OS/c1-16-5-3-2-4-15-8-6-9(12)11(14)10(13)7-8/h6-7H,2-5H2,1H3. The summed E-state index contributed by atoms with van der Waals surface area (Å²) in [5.74, 6) is -2.86. The van der Waals surface area contributed by atoms with Gasteiger partial charge < -0.3 is 4.74 Å². The lowest BCUT2D eigenvalue weighted by molar-refractivity contribution is 0.303. The number of ether oxygens (including phenoxy) is 1. The molecule has 0 aliphatic carbocycles. The maximum atomic E-state index is 12.8. The van der Waals surface area contributed by atoms with Crippen LogP contribution in [-0.4, -0.2) is 18.6 Å². The van der Waals surface area contributed by atoms with Gasteiger partial charge in [-0.2, -0.15) is 11.8 Å². The van der Waals surface area contributed by atoms with Crippen LogP contribution in [0.15, 0.2) is 12.1 Å². The van der Waals surface area contributed by atoms with E-state index in [4.69, 9.17) is 4.74 Å². The van der Waals surface area contributed by atoms with Gasteiger partial charge in [-0.3, -0.25) is 0 Å². The zero-order valence-corrected chi connectivity index (χ0v) is 9.75. The van der Waals surface area contributed by atoms with Gasteiger partial charge in [-0.05, 0) is 24.9 Å². The smallest absolute Gasteiger partial charge is 0.194 e. The van der Waals surface area contributed by atoms with Gasteiger partial charge in [0, 0.05) is 12.1 Å². The number of hydrogen-bond acceptors (Lipinski definition) is 2. The quantitative estimate of drug-likeness (QED) is 0.563. The normalized spacial score (nSPS) is 10.5. The predicted molar refractivity (Wildman–Crippen MR) is 59.4 cm³/mol. The van der Waals surface area contributed by atoms with Crippen LogP contribution < -0.4 is 4.74 Å². The van der Waals surface area contributed by atoms with Gasteiger partial charge in [0.05, 0.1) is 6.61 Å². The van der Waals surface area contributed by atoms with Crippen molar-refractivity contribution in [2.75, 3.05) is 18.6 Å². The zero-order chi connectivity index (χ0) is 12.0. The molecule has 0 fully saturated rings. The molecule has 0 atom stereocenters. The van der Waals surface area contributed by atoms with E-state index < -0.39 is 17.5 Å². The fourth-order valence-electron chi connectivity index (χ4n) is 1.15. The second-order valence-electron chi connectivity index (χ2n) is 3.25. The van der Waals surface area contributed by atoms with Gasteiger partial charge in [0.1, 0.15) is 5.75 Å². The highest BCUT2D eigenvalue weighted by Crippen LogP contribution is 2.19. The van der Waals surface area contributed by atoms with Crippen LogP contribution in [0.2, 0.25) is 0 Å². The van der Waals surface area contributed by atoms with Crippen molar-refractivity contribution in [1.29, 1.82) is 0 Å². The summed E-state index contributed by atoms with van der Waals surface area (Å²) in [5, 5.41) is 0. The minimum atomic E-state index is -1.46. The van der Waals surface area contributed by atoms with Crippen LogP contribution in [-0.2, 0) is 0 Å². The molecule has 1 nitrogen and oxygen atoms in total. The lowest BCUT2D eigenvalue weighted by atomic mass is 10.3. The van der Waals surface area contributed by atoms with Crippen molar-refractivity contribution in [2.24, 2.45) is 0 Å². The number of unbranched alkanes of at least 4 members (excludes halogenated alkanes) is 1. The minimum Gasteiger partial charge on any atom is -0.493 e. The van der Waals surface area contributed by atoms with Crippen molar-refractivity contribution in [3.8, 4) is 5.75 Å². The maximum absolute atomic E-state index is 12.8. The predicted octanol–water partition coefficient (Wildman–Crippen LogP) is 3.63. The zero-order valence-electron chi connectivity index (χ0n) is 8.93. The van der Waals surface area contributed by atoms with Crippen LogP contribution >= 0.6 is 11.8 Å². The van der Waals surface area contributed by atoms with Gasteiger partial charge in [-0.1, -0.05) is 0 Å². The molecule has 0 spiro atoms. The molecule has 0 N–H and O–H groups in total. The van der Waals surface area contributed by atoms with Crippen LogP contribution in [0.4, 0.5) is 13.2 Å². The Morgan fingerprint density at radius 3 is 2.31 bits per heavy atom. The van der Waals surface area contributed by atoms with Gasteiger partial charge in [-0.15, -0.1) is 0 Å². The number of halogens is 3. The molecule has 0 heterocycles. The summed E-state index contributed by atoms with van der Waals surface area (Å²) in [7, 11) is 0. The van der Waals surface area contributed by atoms with Crippen molar-refractivity contribution < 1.29 is 17.9 Å². The van der Waals surface area contributed by atoms with E-state index in [1.165, 1.54) is 0 Å². The van der Waals surface area contributed by atoms with Crippen molar-refractivity contribution in [1.82, 2.24) is 0 Å². The van der Waals surface area contributed by atoms with E-state index in [0.717, 1.165) is 30.7 Å². The van der Waals surface area contributed by atoms with Crippen molar-refractivity contribution in [3.05, 3.63) is 29.6 Å². The molecule has 1 rings (SSSR count). The summed E-state index contributed by atoms with van der Waals surface area (Å²) in [6, 6.07) is 1.71. The summed E-state index contributed by atoms with van der Waals surface area (Å²) < 4.78 is 43.2. The Kier molecular flexibility index (Phi) is 5.52. The molecule has 5 heteroatoms. The van der Waals surface area contributed by atoms with E-state index in [0.29, 0.717) is 6.61 Å². The lowest BCUT2D eigenvalue weighted by Gasteiger charge is -2.06. The summed E-state index contributed by atoms with van der Waals surface area (Å²) in [5.41, 5.74) is 0. The van der Waals surface area contributed by atoms with Gasteiger partial charge in [-0.25, -0.2) is 13.2 Å².